The standard InChI is InChI=1S/C10H8BrFO3/c11-7-4-10-9(14-1-2-15-10)3-6(7)8(12)5-13/h3-5,8H,1-2H2. The second kappa shape index (κ2) is 4.18. The zero-order valence-corrected chi connectivity index (χ0v) is 9.29. The number of fused-ring (bicyclic) bond motifs is 1. The van der Waals surface area contributed by atoms with Gasteiger partial charge >= 0.3 is 0 Å². The quantitative estimate of drug-likeness (QED) is 0.777. The van der Waals surface area contributed by atoms with E-state index < -0.39 is 6.17 Å². The van der Waals surface area contributed by atoms with Crippen LogP contribution in [0.2, 0.25) is 0 Å². The first-order chi connectivity index (χ1) is 7.22. The minimum absolute atomic E-state index is 0.246. The minimum atomic E-state index is -1.64. The molecule has 0 amide bonds. The number of hydrogen-bond donors (Lipinski definition) is 0. The fourth-order valence-corrected chi connectivity index (χ4v) is 1.91. The Morgan fingerprint density at radius 2 is 1.93 bits per heavy atom. The highest BCUT2D eigenvalue weighted by Gasteiger charge is 2.19. The van der Waals surface area contributed by atoms with E-state index in [0.717, 1.165) is 0 Å². The van der Waals surface area contributed by atoms with Crippen LogP contribution >= 0.6 is 15.9 Å². The maximum absolute atomic E-state index is 13.2. The van der Waals surface area contributed by atoms with Crippen LogP contribution < -0.4 is 9.47 Å². The Bertz CT molecular complexity index is 394. The van der Waals surface area contributed by atoms with Gasteiger partial charge in [0.1, 0.15) is 13.2 Å². The summed E-state index contributed by atoms with van der Waals surface area (Å²) in [6.07, 6.45) is -1.40. The number of hydrogen-bond acceptors (Lipinski definition) is 3. The van der Waals surface area contributed by atoms with Crippen molar-refractivity contribution in [1.82, 2.24) is 0 Å². The third kappa shape index (κ3) is 1.97. The predicted molar refractivity (Wildman–Crippen MR) is 55.0 cm³/mol. The molecule has 1 aliphatic heterocycles. The molecule has 1 aromatic rings. The largest absolute Gasteiger partial charge is 0.486 e. The van der Waals surface area contributed by atoms with Crippen molar-refractivity contribution in [2.24, 2.45) is 0 Å². The van der Waals surface area contributed by atoms with Gasteiger partial charge in [-0.3, -0.25) is 4.79 Å². The molecule has 1 atom stereocenters. The van der Waals surface area contributed by atoms with Crippen molar-refractivity contribution in [2.45, 2.75) is 6.17 Å². The molecular formula is C10H8BrFO3. The maximum Gasteiger partial charge on any atom is 0.181 e. The number of aldehydes is 1. The molecular weight excluding hydrogens is 267 g/mol. The molecule has 0 N–H and O–H groups in total. The molecule has 80 valence electrons. The van der Waals surface area contributed by atoms with E-state index in [-0.39, 0.29) is 11.8 Å². The van der Waals surface area contributed by atoms with E-state index in [1.807, 2.05) is 0 Å². The lowest BCUT2D eigenvalue weighted by molar-refractivity contribution is -0.112. The summed E-state index contributed by atoms with van der Waals surface area (Å²) in [6.45, 7) is 0.914. The lowest BCUT2D eigenvalue weighted by Gasteiger charge is -2.20. The number of carbonyl (C=O) groups excluding carboxylic acids is 1. The van der Waals surface area contributed by atoms with Gasteiger partial charge in [0.2, 0.25) is 0 Å². The van der Waals surface area contributed by atoms with Crippen LogP contribution in [0.4, 0.5) is 4.39 Å². The second-order valence-corrected chi connectivity index (χ2v) is 3.91. The van der Waals surface area contributed by atoms with E-state index in [0.29, 0.717) is 29.2 Å². The van der Waals surface area contributed by atoms with E-state index >= 15 is 0 Å². The molecule has 0 radical (unpaired) electrons. The first-order valence-corrected chi connectivity index (χ1v) is 5.20. The fraction of sp³-hybridized carbons (Fsp3) is 0.300. The molecule has 1 aromatic carbocycles. The highest BCUT2D eigenvalue weighted by atomic mass is 79.9. The van der Waals surface area contributed by atoms with Crippen molar-refractivity contribution < 1.29 is 18.7 Å². The van der Waals surface area contributed by atoms with Crippen molar-refractivity contribution in [3.8, 4) is 11.5 Å². The molecule has 0 aromatic heterocycles. The lowest BCUT2D eigenvalue weighted by Crippen LogP contribution is -2.15. The summed E-state index contributed by atoms with van der Waals surface area (Å²) in [4.78, 5) is 10.4. The Labute approximate surface area is 94.3 Å². The molecule has 1 unspecified atom stereocenters. The molecule has 5 heteroatoms. The van der Waals surface area contributed by atoms with Crippen molar-refractivity contribution in [3.05, 3.63) is 22.2 Å². The molecule has 0 saturated carbocycles. The number of ether oxygens (including phenoxy) is 2. The molecule has 1 aliphatic rings. The molecule has 15 heavy (non-hydrogen) atoms. The summed E-state index contributed by atoms with van der Waals surface area (Å²) < 4.78 is 24.3. The first-order valence-electron chi connectivity index (χ1n) is 4.41. The van der Waals surface area contributed by atoms with Crippen LogP contribution in [0.25, 0.3) is 0 Å². The Morgan fingerprint density at radius 1 is 1.33 bits per heavy atom. The average molecular weight is 275 g/mol. The predicted octanol–water partition coefficient (Wildman–Crippen LogP) is 2.43. The topological polar surface area (TPSA) is 35.5 Å². The molecule has 0 saturated heterocycles. The van der Waals surface area contributed by atoms with Gasteiger partial charge in [0.15, 0.2) is 24.0 Å². The Morgan fingerprint density at radius 3 is 2.53 bits per heavy atom. The Hall–Kier alpha value is -1.10. The van der Waals surface area contributed by atoms with Crippen LogP contribution in [0.5, 0.6) is 11.5 Å². The van der Waals surface area contributed by atoms with Crippen LogP contribution in [-0.4, -0.2) is 19.5 Å². The first kappa shape index (κ1) is 10.4. The number of benzene rings is 1. The minimum Gasteiger partial charge on any atom is -0.486 e. The summed E-state index contributed by atoms with van der Waals surface area (Å²) >= 11 is 3.18. The normalized spacial score (nSPS) is 15.9. The zero-order chi connectivity index (χ0) is 10.8. The number of alkyl halides is 1. The monoisotopic (exact) mass is 274 g/mol. The van der Waals surface area contributed by atoms with E-state index in [1.54, 1.807) is 6.07 Å². The van der Waals surface area contributed by atoms with Gasteiger partial charge in [-0.25, -0.2) is 4.39 Å². The maximum atomic E-state index is 13.2. The van der Waals surface area contributed by atoms with E-state index in [2.05, 4.69) is 15.9 Å². The number of carbonyl (C=O) groups is 1. The highest BCUT2D eigenvalue weighted by Crippen LogP contribution is 2.38. The van der Waals surface area contributed by atoms with Gasteiger partial charge in [-0.1, -0.05) is 15.9 Å². The molecule has 1 heterocycles. The third-order valence-corrected chi connectivity index (χ3v) is 2.76. The van der Waals surface area contributed by atoms with Gasteiger partial charge in [-0.2, -0.15) is 0 Å². The van der Waals surface area contributed by atoms with E-state index in [4.69, 9.17) is 9.47 Å². The molecule has 0 aliphatic carbocycles. The van der Waals surface area contributed by atoms with Gasteiger partial charge in [0.25, 0.3) is 0 Å². The van der Waals surface area contributed by atoms with Crippen LogP contribution in [0.1, 0.15) is 11.7 Å². The third-order valence-electron chi connectivity index (χ3n) is 2.08. The SMILES string of the molecule is O=CC(F)c1cc2c(cc1Br)OCCO2. The molecule has 0 bridgehead atoms. The van der Waals surface area contributed by atoms with Gasteiger partial charge in [0, 0.05) is 10.0 Å². The average Bonchev–Trinajstić information content (AvgIpc) is 2.27. The fourth-order valence-electron chi connectivity index (χ4n) is 1.36. The summed E-state index contributed by atoms with van der Waals surface area (Å²) in [5, 5.41) is 0. The Balaban J connectivity index is 2.44. The Kier molecular flexibility index (Phi) is 2.90. The zero-order valence-electron chi connectivity index (χ0n) is 7.70. The smallest absolute Gasteiger partial charge is 0.181 e. The van der Waals surface area contributed by atoms with Crippen molar-refractivity contribution in [3.63, 3.8) is 0 Å². The summed E-state index contributed by atoms with van der Waals surface area (Å²) in [5.41, 5.74) is 0.259. The van der Waals surface area contributed by atoms with Gasteiger partial charge in [-0.05, 0) is 12.1 Å². The summed E-state index contributed by atoms with van der Waals surface area (Å²) in [5.74, 6) is 1.04. The molecule has 0 spiro atoms. The van der Waals surface area contributed by atoms with Crippen LogP contribution in [0.3, 0.4) is 0 Å². The number of rotatable bonds is 2. The summed E-state index contributed by atoms with van der Waals surface area (Å²) in [6, 6.07) is 3.09. The molecule has 3 nitrogen and oxygen atoms in total. The number of halogens is 2. The van der Waals surface area contributed by atoms with Gasteiger partial charge < -0.3 is 9.47 Å². The molecule has 0 fully saturated rings. The van der Waals surface area contributed by atoms with E-state index in [1.165, 1.54) is 6.07 Å². The van der Waals surface area contributed by atoms with Crippen molar-refractivity contribution in [1.29, 1.82) is 0 Å². The van der Waals surface area contributed by atoms with Crippen molar-refractivity contribution in [2.75, 3.05) is 13.2 Å². The van der Waals surface area contributed by atoms with Gasteiger partial charge in [-0.15, -0.1) is 0 Å². The highest BCUT2D eigenvalue weighted by molar-refractivity contribution is 9.10. The van der Waals surface area contributed by atoms with Crippen LogP contribution in [-0.2, 0) is 4.79 Å². The second-order valence-electron chi connectivity index (χ2n) is 3.06. The van der Waals surface area contributed by atoms with Crippen LogP contribution in [0.15, 0.2) is 16.6 Å². The lowest BCUT2D eigenvalue weighted by atomic mass is 10.1. The van der Waals surface area contributed by atoms with E-state index in [9.17, 15) is 9.18 Å². The van der Waals surface area contributed by atoms with Gasteiger partial charge in [0.05, 0.1) is 0 Å². The van der Waals surface area contributed by atoms with Crippen LogP contribution in [0, 0.1) is 0 Å². The van der Waals surface area contributed by atoms with Crippen molar-refractivity contribution >= 4 is 22.2 Å². The summed E-state index contributed by atoms with van der Waals surface area (Å²) in [7, 11) is 0. The molecule has 2 rings (SSSR count).